The normalized spacial score (nSPS) is 21.4. The Bertz CT molecular complexity index is 499. The number of nitrogens with zero attached hydrogens (tertiary/aromatic N) is 3. The van der Waals surface area contributed by atoms with Gasteiger partial charge in [-0.15, -0.1) is 12.4 Å². The van der Waals surface area contributed by atoms with Crippen molar-refractivity contribution in [2.75, 3.05) is 57.8 Å². The van der Waals surface area contributed by atoms with E-state index in [9.17, 15) is 4.79 Å². The molecule has 0 radical (unpaired) electrons. The molecule has 2 saturated heterocycles. The molecule has 1 atom stereocenters. The fraction of sp³-hybridized carbons (Fsp3) is 0.611. The zero-order chi connectivity index (χ0) is 16.1. The molecule has 3 rings (SSSR count). The Morgan fingerprint density at radius 3 is 2.54 bits per heavy atom. The van der Waals surface area contributed by atoms with Crippen LogP contribution in [0.4, 0.5) is 5.69 Å². The SMILES string of the molecule is CN(CCN1CCN(c2ccccc2)CC1)C(=O)[C@@H]1CCCN1.Cl. The van der Waals surface area contributed by atoms with Gasteiger partial charge in [-0.25, -0.2) is 0 Å². The van der Waals surface area contributed by atoms with E-state index in [0.717, 1.165) is 58.7 Å². The molecule has 0 aliphatic carbocycles. The lowest BCUT2D eigenvalue weighted by molar-refractivity contribution is -0.131. The van der Waals surface area contributed by atoms with Gasteiger partial charge >= 0.3 is 0 Å². The first-order valence-electron chi connectivity index (χ1n) is 8.75. The van der Waals surface area contributed by atoms with Gasteiger partial charge < -0.3 is 15.1 Å². The highest BCUT2D eigenvalue weighted by Gasteiger charge is 2.25. The topological polar surface area (TPSA) is 38.8 Å². The van der Waals surface area contributed by atoms with Gasteiger partial charge in [-0.2, -0.15) is 0 Å². The number of benzene rings is 1. The molecule has 0 aromatic heterocycles. The number of amides is 1. The first kappa shape index (κ1) is 19.0. The van der Waals surface area contributed by atoms with Crippen molar-refractivity contribution in [3.05, 3.63) is 30.3 Å². The summed E-state index contributed by atoms with van der Waals surface area (Å²) in [4.78, 5) is 19.1. The van der Waals surface area contributed by atoms with Gasteiger partial charge in [0.15, 0.2) is 0 Å². The third kappa shape index (κ3) is 4.85. The number of hydrogen-bond acceptors (Lipinski definition) is 4. The van der Waals surface area contributed by atoms with E-state index in [1.165, 1.54) is 5.69 Å². The van der Waals surface area contributed by atoms with Crippen molar-refractivity contribution in [1.82, 2.24) is 15.1 Å². The fourth-order valence-electron chi connectivity index (χ4n) is 3.43. The van der Waals surface area contributed by atoms with Crippen molar-refractivity contribution >= 4 is 24.0 Å². The molecule has 0 saturated carbocycles. The Morgan fingerprint density at radius 2 is 1.92 bits per heavy atom. The van der Waals surface area contributed by atoms with Gasteiger partial charge in [0.2, 0.25) is 5.91 Å². The maximum absolute atomic E-state index is 12.3. The highest BCUT2D eigenvalue weighted by Crippen LogP contribution is 2.15. The summed E-state index contributed by atoms with van der Waals surface area (Å²) in [5, 5.41) is 3.29. The number of anilines is 1. The van der Waals surface area contributed by atoms with Gasteiger partial charge in [-0.3, -0.25) is 9.69 Å². The first-order valence-corrected chi connectivity index (χ1v) is 8.75. The molecular formula is C18H29ClN4O. The van der Waals surface area contributed by atoms with E-state index in [4.69, 9.17) is 0 Å². The summed E-state index contributed by atoms with van der Waals surface area (Å²) >= 11 is 0. The summed E-state index contributed by atoms with van der Waals surface area (Å²) in [6.45, 7) is 7.03. The van der Waals surface area contributed by atoms with Gasteiger partial charge in [0, 0.05) is 52.0 Å². The minimum atomic E-state index is 0. The smallest absolute Gasteiger partial charge is 0.239 e. The molecule has 2 fully saturated rings. The highest BCUT2D eigenvalue weighted by atomic mass is 35.5. The van der Waals surface area contributed by atoms with Crippen molar-refractivity contribution in [3.63, 3.8) is 0 Å². The van der Waals surface area contributed by atoms with Crippen molar-refractivity contribution in [3.8, 4) is 0 Å². The van der Waals surface area contributed by atoms with Crippen molar-refractivity contribution in [2.45, 2.75) is 18.9 Å². The van der Waals surface area contributed by atoms with Crippen LogP contribution in [-0.4, -0.2) is 74.6 Å². The number of carbonyl (C=O) groups is 1. The zero-order valence-corrected chi connectivity index (χ0v) is 15.3. The largest absolute Gasteiger partial charge is 0.369 e. The summed E-state index contributed by atoms with van der Waals surface area (Å²) in [6, 6.07) is 10.7. The lowest BCUT2D eigenvalue weighted by atomic mass is 10.2. The Hall–Kier alpha value is -1.30. The van der Waals surface area contributed by atoms with Crippen LogP contribution in [0.3, 0.4) is 0 Å². The fourth-order valence-corrected chi connectivity index (χ4v) is 3.43. The zero-order valence-electron chi connectivity index (χ0n) is 14.5. The van der Waals surface area contributed by atoms with Crippen LogP contribution in [0.2, 0.25) is 0 Å². The molecule has 0 unspecified atom stereocenters. The van der Waals surface area contributed by atoms with E-state index in [2.05, 4.69) is 45.4 Å². The predicted octanol–water partition coefficient (Wildman–Crippen LogP) is 1.44. The molecular weight excluding hydrogens is 324 g/mol. The quantitative estimate of drug-likeness (QED) is 0.870. The lowest BCUT2D eigenvalue weighted by Gasteiger charge is -2.36. The highest BCUT2D eigenvalue weighted by molar-refractivity contribution is 5.85. The maximum atomic E-state index is 12.3. The second kappa shape index (κ2) is 9.25. The second-order valence-corrected chi connectivity index (χ2v) is 6.57. The van der Waals surface area contributed by atoms with Gasteiger partial charge in [-0.05, 0) is 31.5 Å². The standard InChI is InChI=1S/C18H28N4O.ClH/c1-20(18(23)17-8-5-9-19-17)10-11-21-12-14-22(15-13-21)16-6-3-2-4-7-16;/h2-4,6-7,17,19H,5,8-15H2,1H3;1H/t17-;/m0./s1. The van der Waals surface area contributed by atoms with Crippen LogP contribution in [0, 0.1) is 0 Å². The average molecular weight is 353 g/mol. The Morgan fingerprint density at radius 1 is 1.21 bits per heavy atom. The third-order valence-electron chi connectivity index (χ3n) is 4.98. The Balaban J connectivity index is 0.00000208. The summed E-state index contributed by atoms with van der Waals surface area (Å²) < 4.78 is 0. The van der Waals surface area contributed by atoms with Crippen LogP contribution < -0.4 is 10.2 Å². The minimum Gasteiger partial charge on any atom is -0.369 e. The van der Waals surface area contributed by atoms with Gasteiger partial charge in [0.05, 0.1) is 6.04 Å². The monoisotopic (exact) mass is 352 g/mol. The Kier molecular flexibility index (Phi) is 7.34. The van der Waals surface area contributed by atoms with E-state index in [-0.39, 0.29) is 24.4 Å². The van der Waals surface area contributed by atoms with E-state index >= 15 is 0 Å². The maximum Gasteiger partial charge on any atom is 0.239 e. The van der Waals surface area contributed by atoms with Gasteiger partial charge in [-0.1, -0.05) is 18.2 Å². The average Bonchev–Trinajstić information content (AvgIpc) is 3.15. The molecule has 2 aliphatic rings. The van der Waals surface area contributed by atoms with E-state index in [1.54, 1.807) is 0 Å². The first-order chi connectivity index (χ1) is 11.2. The molecule has 2 heterocycles. The molecule has 1 amide bonds. The van der Waals surface area contributed by atoms with Crippen LogP contribution in [0.5, 0.6) is 0 Å². The summed E-state index contributed by atoms with van der Waals surface area (Å²) in [5.41, 5.74) is 1.31. The summed E-state index contributed by atoms with van der Waals surface area (Å²) in [5.74, 6) is 0.255. The van der Waals surface area contributed by atoms with Crippen LogP contribution >= 0.6 is 12.4 Å². The number of hydrogen-bond donors (Lipinski definition) is 1. The van der Waals surface area contributed by atoms with Crippen molar-refractivity contribution in [1.29, 1.82) is 0 Å². The minimum absolute atomic E-state index is 0. The molecule has 5 nitrogen and oxygen atoms in total. The van der Waals surface area contributed by atoms with Crippen LogP contribution in [0.1, 0.15) is 12.8 Å². The van der Waals surface area contributed by atoms with Gasteiger partial charge in [0.25, 0.3) is 0 Å². The molecule has 6 heteroatoms. The number of rotatable bonds is 5. The van der Waals surface area contributed by atoms with Crippen molar-refractivity contribution < 1.29 is 4.79 Å². The molecule has 134 valence electrons. The number of nitrogens with one attached hydrogen (secondary N) is 1. The molecule has 1 N–H and O–H groups in total. The van der Waals surface area contributed by atoms with Crippen LogP contribution in [0.15, 0.2) is 30.3 Å². The molecule has 1 aromatic rings. The summed E-state index contributed by atoms with van der Waals surface area (Å²) in [7, 11) is 1.93. The molecule has 1 aromatic carbocycles. The number of para-hydroxylation sites is 1. The number of piperazine rings is 1. The van der Waals surface area contributed by atoms with Crippen LogP contribution in [-0.2, 0) is 4.79 Å². The van der Waals surface area contributed by atoms with Gasteiger partial charge in [0.1, 0.15) is 0 Å². The van der Waals surface area contributed by atoms with Crippen molar-refractivity contribution in [2.24, 2.45) is 0 Å². The lowest BCUT2D eigenvalue weighted by Crippen LogP contribution is -2.50. The third-order valence-corrected chi connectivity index (χ3v) is 4.98. The number of halogens is 1. The number of carbonyl (C=O) groups excluding carboxylic acids is 1. The van der Waals surface area contributed by atoms with Crippen LogP contribution in [0.25, 0.3) is 0 Å². The van der Waals surface area contributed by atoms with E-state index in [0.29, 0.717) is 0 Å². The molecule has 0 bridgehead atoms. The molecule has 0 spiro atoms. The number of likely N-dealkylation sites (N-methyl/N-ethyl adjacent to an activating group) is 1. The second-order valence-electron chi connectivity index (χ2n) is 6.57. The summed E-state index contributed by atoms with van der Waals surface area (Å²) in [6.07, 6.45) is 2.10. The van der Waals surface area contributed by atoms with E-state index in [1.807, 2.05) is 11.9 Å². The predicted molar refractivity (Wildman–Crippen MR) is 101 cm³/mol. The van der Waals surface area contributed by atoms with E-state index < -0.39 is 0 Å². The molecule has 2 aliphatic heterocycles. The molecule has 24 heavy (non-hydrogen) atoms. The Labute approximate surface area is 151 Å².